The van der Waals surface area contributed by atoms with Gasteiger partial charge in [-0.05, 0) is 49.2 Å². The summed E-state index contributed by atoms with van der Waals surface area (Å²) < 4.78 is 38.6. The fourth-order valence-corrected chi connectivity index (χ4v) is 5.29. The average molecular weight is 442 g/mol. The van der Waals surface area contributed by atoms with Crippen molar-refractivity contribution in [1.29, 1.82) is 0 Å². The van der Waals surface area contributed by atoms with Crippen LogP contribution in [0.2, 0.25) is 0 Å². The van der Waals surface area contributed by atoms with Crippen molar-refractivity contribution >= 4 is 21.6 Å². The summed E-state index contributed by atoms with van der Waals surface area (Å²) in [6.45, 7) is 0.366. The number of amides is 1. The van der Waals surface area contributed by atoms with Gasteiger partial charge < -0.3 is 14.6 Å². The molecule has 0 radical (unpaired) electrons. The monoisotopic (exact) mass is 441 g/mol. The van der Waals surface area contributed by atoms with Crippen LogP contribution in [0, 0.1) is 0 Å². The van der Waals surface area contributed by atoms with Crippen molar-refractivity contribution in [3.63, 3.8) is 0 Å². The molecule has 1 aliphatic rings. The lowest BCUT2D eigenvalue weighted by Crippen LogP contribution is -2.38. The minimum atomic E-state index is -3.75. The predicted octanol–water partition coefficient (Wildman–Crippen LogP) is 3.85. The summed E-state index contributed by atoms with van der Waals surface area (Å²) in [6.07, 6.45) is 2.19. The van der Waals surface area contributed by atoms with E-state index in [4.69, 9.17) is 9.26 Å². The van der Waals surface area contributed by atoms with E-state index in [1.54, 1.807) is 24.3 Å². The maximum atomic E-state index is 13.3. The van der Waals surface area contributed by atoms with Crippen molar-refractivity contribution in [1.82, 2.24) is 9.46 Å². The fourth-order valence-electron chi connectivity index (χ4n) is 3.63. The normalized spacial score (nSPS) is 17.3. The molecule has 1 saturated heterocycles. The quantitative estimate of drug-likeness (QED) is 0.623. The SMILES string of the molecule is COc1ccc(S(=O)(=O)N2CCCCC2c2cc(C(=O)Nc3ccccc3)no2)cc1. The number of piperidine rings is 1. The second kappa shape index (κ2) is 8.91. The van der Waals surface area contributed by atoms with Gasteiger partial charge in [-0.2, -0.15) is 4.31 Å². The number of aromatic nitrogens is 1. The third kappa shape index (κ3) is 4.47. The zero-order valence-electron chi connectivity index (χ0n) is 17.0. The van der Waals surface area contributed by atoms with E-state index in [-0.39, 0.29) is 10.6 Å². The van der Waals surface area contributed by atoms with Gasteiger partial charge in [0, 0.05) is 18.3 Å². The molecule has 1 amide bonds. The summed E-state index contributed by atoms with van der Waals surface area (Å²) in [6, 6.07) is 16.3. The highest BCUT2D eigenvalue weighted by molar-refractivity contribution is 7.89. The van der Waals surface area contributed by atoms with Gasteiger partial charge in [-0.3, -0.25) is 4.79 Å². The fraction of sp³-hybridized carbons (Fsp3) is 0.273. The number of ether oxygens (including phenoxy) is 1. The van der Waals surface area contributed by atoms with Gasteiger partial charge >= 0.3 is 0 Å². The van der Waals surface area contributed by atoms with E-state index >= 15 is 0 Å². The van der Waals surface area contributed by atoms with Crippen LogP contribution < -0.4 is 10.1 Å². The maximum absolute atomic E-state index is 13.3. The van der Waals surface area contributed by atoms with E-state index in [2.05, 4.69) is 10.5 Å². The van der Waals surface area contributed by atoms with Crippen molar-refractivity contribution in [3.05, 3.63) is 72.1 Å². The number of methoxy groups -OCH3 is 1. The minimum absolute atomic E-state index is 0.103. The average Bonchev–Trinajstić information content (AvgIpc) is 3.30. The molecule has 1 fully saturated rings. The molecule has 0 saturated carbocycles. The molecule has 1 aromatic heterocycles. The molecule has 31 heavy (non-hydrogen) atoms. The number of sulfonamides is 1. The number of nitrogens with one attached hydrogen (secondary N) is 1. The van der Waals surface area contributed by atoms with Crippen molar-refractivity contribution in [3.8, 4) is 5.75 Å². The van der Waals surface area contributed by atoms with Crippen LogP contribution in [0.5, 0.6) is 5.75 Å². The van der Waals surface area contributed by atoms with Crippen LogP contribution in [-0.2, 0) is 10.0 Å². The highest BCUT2D eigenvalue weighted by Crippen LogP contribution is 2.36. The van der Waals surface area contributed by atoms with Gasteiger partial charge in [-0.25, -0.2) is 8.42 Å². The predicted molar refractivity (Wildman–Crippen MR) is 114 cm³/mol. The van der Waals surface area contributed by atoms with Crippen LogP contribution in [-0.4, -0.2) is 37.4 Å². The Bertz CT molecular complexity index is 1140. The van der Waals surface area contributed by atoms with Gasteiger partial charge in [0.05, 0.1) is 18.0 Å². The largest absolute Gasteiger partial charge is 0.497 e. The molecule has 1 N–H and O–H groups in total. The third-order valence-corrected chi connectivity index (χ3v) is 7.16. The molecule has 2 heterocycles. The standard InChI is InChI=1S/C22H23N3O5S/c1-29-17-10-12-18(13-11-17)31(27,28)25-14-6-5-9-20(25)21-15-19(24-30-21)22(26)23-16-7-3-2-4-8-16/h2-4,7-8,10-13,15,20H,5-6,9,14H2,1H3,(H,23,26). The first-order valence-corrected chi connectivity index (χ1v) is 11.4. The zero-order valence-corrected chi connectivity index (χ0v) is 17.8. The van der Waals surface area contributed by atoms with Crippen LogP contribution in [0.3, 0.4) is 0 Å². The van der Waals surface area contributed by atoms with Gasteiger partial charge in [0.1, 0.15) is 5.75 Å². The summed E-state index contributed by atoms with van der Waals surface area (Å²) in [4.78, 5) is 12.7. The van der Waals surface area contributed by atoms with Gasteiger partial charge in [-0.15, -0.1) is 0 Å². The summed E-state index contributed by atoms with van der Waals surface area (Å²) in [5.41, 5.74) is 0.740. The first-order valence-electron chi connectivity index (χ1n) is 9.98. The molecular weight excluding hydrogens is 418 g/mol. The Balaban J connectivity index is 1.57. The Hall–Kier alpha value is -3.17. The third-order valence-electron chi connectivity index (χ3n) is 5.24. The number of benzene rings is 2. The first-order chi connectivity index (χ1) is 15.0. The number of hydrogen-bond donors (Lipinski definition) is 1. The topological polar surface area (TPSA) is 102 Å². The Kier molecular flexibility index (Phi) is 6.06. The van der Waals surface area contributed by atoms with E-state index < -0.39 is 22.0 Å². The zero-order chi connectivity index (χ0) is 21.8. The van der Waals surface area contributed by atoms with Gasteiger partial charge in [0.2, 0.25) is 10.0 Å². The van der Waals surface area contributed by atoms with Crippen molar-refractivity contribution in [2.24, 2.45) is 0 Å². The molecule has 0 spiro atoms. The second-order valence-electron chi connectivity index (χ2n) is 7.24. The van der Waals surface area contributed by atoms with Gasteiger partial charge in [0.25, 0.3) is 5.91 Å². The molecule has 3 aromatic rings. The summed E-state index contributed by atoms with van der Waals surface area (Å²) >= 11 is 0. The van der Waals surface area contributed by atoms with E-state index in [0.717, 1.165) is 12.8 Å². The lowest BCUT2D eigenvalue weighted by Gasteiger charge is -2.33. The van der Waals surface area contributed by atoms with E-state index in [1.165, 1.54) is 29.6 Å². The molecular formula is C22H23N3O5S. The number of nitrogens with zero attached hydrogens (tertiary/aromatic N) is 2. The molecule has 9 heteroatoms. The molecule has 4 rings (SSSR count). The summed E-state index contributed by atoms with van der Waals surface area (Å²) in [5, 5.41) is 6.62. The molecule has 0 aliphatic carbocycles. The first kappa shape index (κ1) is 21.1. The molecule has 1 aliphatic heterocycles. The molecule has 8 nitrogen and oxygen atoms in total. The van der Waals surface area contributed by atoms with E-state index in [9.17, 15) is 13.2 Å². The smallest absolute Gasteiger partial charge is 0.277 e. The van der Waals surface area contributed by atoms with Crippen molar-refractivity contribution < 1.29 is 22.5 Å². The minimum Gasteiger partial charge on any atom is -0.497 e. The van der Waals surface area contributed by atoms with Crippen LogP contribution in [0.1, 0.15) is 41.6 Å². The Morgan fingerprint density at radius 2 is 1.87 bits per heavy atom. The number of anilines is 1. The molecule has 162 valence electrons. The Morgan fingerprint density at radius 1 is 1.13 bits per heavy atom. The van der Waals surface area contributed by atoms with Crippen molar-refractivity contribution in [2.45, 2.75) is 30.2 Å². The Labute approximate surface area is 180 Å². The highest BCUT2D eigenvalue weighted by atomic mass is 32.2. The van der Waals surface area contributed by atoms with Crippen LogP contribution in [0.4, 0.5) is 5.69 Å². The number of carbonyl (C=O) groups is 1. The van der Waals surface area contributed by atoms with Crippen LogP contribution in [0.25, 0.3) is 0 Å². The highest BCUT2D eigenvalue weighted by Gasteiger charge is 2.37. The molecule has 1 unspecified atom stereocenters. The molecule has 2 aromatic carbocycles. The molecule has 0 bridgehead atoms. The van der Waals surface area contributed by atoms with Gasteiger partial charge in [-0.1, -0.05) is 29.8 Å². The molecule has 1 atom stereocenters. The Morgan fingerprint density at radius 3 is 2.58 bits per heavy atom. The van der Waals surface area contributed by atoms with Crippen LogP contribution >= 0.6 is 0 Å². The maximum Gasteiger partial charge on any atom is 0.277 e. The van der Waals surface area contributed by atoms with Crippen LogP contribution in [0.15, 0.2) is 70.1 Å². The number of rotatable bonds is 6. The van der Waals surface area contributed by atoms with Gasteiger partial charge in [0.15, 0.2) is 11.5 Å². The van der Waals surface area contributed by atoms with Crippen molar-refractivity contribution in [2.75, 3.05) is 19.0 Å². The number of para-hydroxylation sites is 1. The lowest BCUT2D eigenvalue weighted by atomic mass is 10.0. The second-order valence-corrected chi connectivity index (χ2v) is 9.13. The number of hydrogen-bond acceptors (Lipinski definition) is 6. The van der Waals surface area contributed by atoms with E-state index in [1.807, 2.05) is 18.2 Å². The van der Waals surface area contributed by atoms with E-state index in [0.29, 0.717) is 30.2 Å². The summed E-state index contributed by atoms with van der Waals surface area (Å²) in [7, 11) is -2.23. The lowest BCUT2D eigenvalue weighted by molar-refractivity contribution is 0.101. The number of carbonyl (C=O) groups excluding carboxylic acids is 1. The summed E-state index contributed by atoms with van der Waals surface area (Å²) in [5.74, 6) is 0.523.